The van der Waals surface area contributed by atoms with Gasteiger partial charge in [0.05, 0.1) is 12.1 Å². The maximum absolute atomic E-state index is 12.7. The van der Waals surface area contributed by atoms with E-state index in [1.54, 1.807) is 29.3 Å². The van der Waals surface area contributed by atoms with Gasteiger partial charge in [-0.1, -0.05) is 24.2 Å². The van der Waals surface area contributed by atoms with Crippen molar-refractivity contribution in [3.05, 3.63) is 42.1 Å². The summed E-state index contributed by atoms with van der Waals surface area (Å²) in [5, 5.41) is 12.4. The Morgan fingerprint density at radius 3 is 2.90 bits per heavy atom. The molecule has 0 unspecified atom stereocenters. The maximum Gasteiger partial charge on any atom is 0.254 e. The van der Waals surface area contributed by atoms with Crippen molar-refractivity contribution >= 4 is 22.6 Å². The fourth-order valence-electron chi connectivity index (χ4n) is 2.21. The van der Waals surface area contributed by atoms with Crippen LogP contribution in [0.15, 0.2) is 41.7 Å². The fraction of sp³-hybridized carbons (Fsp3) is 0.267. The van der Waals surface area contributed by atoms with Crippen LogP contribution in [0.25, 0.3) is 10.9 Å². The van der Waals surface area contributed by atoms with Gasteiger partial charge in [-0.25, -0.2) is 0 Å². The van der Waals surface area contributed by atoms with Gasteiger partial charge in [-0.3, -0.25) is 9.78 Å². The minimum Gasteiger partial charge on any atom is -0.409 e. The Bertz CT molecular complexity index is 664. The smallest absolute Gasteiger partial charge is 0.254 e. The SMILES string of the molecule is CCCN(CC(N)=NO)C(=O)c1cccc2ncccc12. The van der Waals surface area contributed by atoms with Gasteiger partial charge >= 0.3 is 0 Å². The van der Waals surface area contributed by atoms with Crippen LogP contribution in [0.1, 0.15) is 23.7 Å². The Kier molecular flexibility index (Phi) is 4.71. The van der Waals surface area contributed by atoms with Crippen LogP contribution in [-0.4, -0.2) is 39.9 Å². The van der Waals surface area contributed by atoms with Gasteiger partial charge in [-0.05, 0) is 24.6 Å². The topological polar surface area (TPSA) is 91.8 Å². The van der Waals surface area contributed by atoms with E-state index < -0.39 is 0 Å². The van der Waals surface area contributed by atoms with Gasteiger partial charge < -0.3 is 15.8 Å². The minimum absolute atomic E-state index is 0.00941. The van der Waals surface area contributed by atoms with Gasteiger partial charge in [-0.15, -0.1) is 0 Å². The van der Waals surface area contributed by atoms with Crippen LogP contribution in [0.5, 0.6) is 0 Å². The summed E-state index contributed by atoms with van der Waals surface area (Å²) in [5.74, 6) is -0.141. The highest BCUT2D eigenvalue weighted by molar-refractivity contribution is 6.07. The van der Waals surface area contributed by atoms with E-state index in [2.05, 4.69) is 10.1 Å². The molecule has 3 N–H and O–H groups in total. The molecule has 2 rings (SSSR count). The molecule has 0 saturated carbocycles. The summed E-state index contributed by atoms with van der Waals surface area (Å²) in [6, 6.07) is 9.09. The first-order valence-corrected chi connectivity index (χ1v) is 6.76. The molecule has 6 heteroatoms. The van der Waals surface area contributed by atoms with Crippen molar-refractivity contribution in [2.45, 2.75) is 13.3 Å². The largest absolute Gasteiger partial charge is 0.409 e. The first-order valence-electron chi connectivity index (χ1n) is 6.76. The number of nitrogens with two attached hydrogens (primary N) is 1. The number of amidine groups is 1. The van der Waals surface area contributed by atoms with Crippen molar-refractivity contribution in [2.24, 2.45) is 10.9 Å². The summed E-state index contributed by atoms with van der Waals surface area (Å²) >= 11 is 0. The number of aromatic nitrogens is 1. The third-order valence-corrected chi connectivity index (χ3v) is 3.14. The molecule has 21 heavy (non-hydrogen) atoms. The zero-order valence-electron chi connectivity index (χ0n) is 11.9. The highest BCUT2D eigenvalue weighted by Gasteiger charge is 2.18. The number of nitrogens with zero attached hydrogens (tertiary/aromatic N) is 3. The molecule has 0 aliphatic heterocycles. The van der Waals surface area contributed by atoms with Crippen LogP contribution >= 0.6 is 0 Å². The third kappa shape index (κ3) is 3.28. The Morgan fingerprint density at radius 1 is 1.38 bits per heavy atom. The molecule has 0 aliphatic rings. The van der Waals surface area contributed by atoms with Gasteiger partial charge in [-0.2, -0.15) is 0 Å². The molecule has 0 fully saturated rings. The predicted octanol–water partition coefficient (Wildman–Crippen LogP) is 1.83. The molecule has 0 radical (unpaired) electrons. The molecule has 1 aromatic carbocycles. The zero-order chi connectivity index (χ0) is 15.2. The number of pyridine rings is 1. The summed E-state index contributed by atoms with van der Waals surface area (Å²) in [6.07, 6.45) is 2.48. The number of hydrogen-bond acceptors (Lipinski definition) is 4. The van der Waals surface area contributed by atoms with Crippen LogP contribution in [0.2, 0.25) is 0 Å². The normalized spacial score (nSPS) is 11.6. The van der Waals surface area contributed by atoms with Crippen LogP contribution in [-0.2, 0) is 0 Å². The van der Waals surface area contributed by atoms with Crippen molar-refractivity contribution in [2.75, 3.05) is 13.1 Å². The highest BCUT2D eigenvalue weighted by Crippen LogP contribution is 2.18. The van der Waals surface area contributed by atoms with E-state index in [4.69, 9.17) is 10.9 Å². The van der Waals surface area contributed by atoms with E-state index in [0.717, 1.165) is 17.3 Å². The lowest BCUT2D eigenvalue weighted by Crippen LogP contribution is -2.39. The zero-order valence-corrected chi connectivity index (χ0v) is 11.9. The lowest BCUT2D eigenvalue weighted by Gasteiger charge is -2.22. The molecule has 1 heterocycles. The van der Waals surface area contributed by atoms with Gasteiger partial charge in [0, 0.05) is 23.7 Å². The van der Waals surface area contributed by atoms with E-state index in [9.17, 15) is 4.79 Å². The van der Waals surface area contributed by atoms with Gasteiger partial charge in [0.2, 0.25) is 0 Å². The second kappa shape index (κ2) is 6.69. The number of carbonyl (C=O) groups is 1. The molecular formula is C15H18N4O2. The Labute approximate surface area is 122 Å². The molecular weight excluding hydrogens is 268 g/mol. The first kappa shape index (κ1) is 14.8. The second-order valence-corrected chi connectivity index (χ2v) is 4.69. The van der Waals surface area contributed by atoms with E-state index in [-0.39, 0.29) is 18.3 Å². The molecule has 0 saturated heterocycles. The first-order chi connectivity index (χ1) is 10.2. The van der Waals surface area contributed by atoms with Gasteiger partial charge in [0.15, 0.2) is 5.84 Å². The molecule has 0 aliphatic carbocycles. The highest BCUT2D eigenvalue weighted by atomic mass is 16.4. The Balaban J connectivity index is 2.39. The molecule has 0 atom stereocenters. The minimum atomic E-state index is -0.151. The quantitative estimate of drug-likeness (QED) is 0.379. The third-order valence-electron chi connectivity index (χ3n) is 3.14. The molecule has 110 valence electrons. The monoisotopic (exact) mass is 286 g/mol. The number of benzene rings is 1. The van der Waals surface area contributed by atoms with Crippen LogP contribution in [0, 0.1) is 0 Å². The molecule has 6 nitrogen and oxygen atoms in total. The fourth-order valence-corrected chi connectivity index (χ4v) is 2.21. The lowest BCUT2D eigenvalue weighted by atomic mass is 10.1. The Hall–Kier alpha value is -2.63. The van der Waals surface area contributed by atoms with Crippen LogP contribution in [0.4, 0.5) is 0 Å². The molecule has 2 aromatic rings. The summed E-state index contributed by atoms with van der Waals surface area (Å²) in [6.45, 7) is 2.60. The Morgan fingerprint density at radius 2 is 2.19 bits per heavy atom. The molecule has 1 aromatic heterocycles. The number of hydrogen-bond donors (Lipinski definition) is 2. The van der Waals surface area contributed by atoms with Crippen LogP contribution in [0.3, 0.4) is 0 Å². The standard InChI is InChI=1S/C15H18N4O2/c1-2-9-19(10-14(16)18-21)15(20)12-5-3-7-13-11(12)6-4-8-17-13/h3-8,21H,2,9-10H2,1H3,(H2,16,18). The summed E-state index contributed by atoms with van der Waals surface area (Å²) in [5.41, 5.74) is 6.86. The summed E-state index contributed by atoms with van der Waals surface area (Å²) in [4.78, 5) is 18.5. The van der Waals surface area contributed by atoms with Gasteiger partial charge in [0.1, 0.15) is 0 Å². The number of amides is 1. The summed E-state index contributed by atoms with van der Waals surface area (Å²) in [7, 11) is 0. The van der Waals surface area contributed by atoms with Crippen molar-refractivity contribution < 1.29 is 10.0 Å². The van der Waals surface area contributed by atoms with E-state index in [1.807, 2.05) is 19.1 Å². The predicted molar refractivity (Wildman–Crippen MR) is 81.3 cm³/mol. The molecule has 0 spiro atoms. The average molecular weight is 286 g/mol. The van der Waals surface area contributed by atoms with E-state index in [0.29, 0.717) is 12.1 Å². The van der Waals surface area contributed by atoms with E-state index in [1.165, 1.54) is 0 Å². The average Bonchev–Trinajstić information content (AvgIpc) is 2.53. The molecule has 0 bridgehead atoms. The van der Waals surface area contributed by atoms with E-state index >= 15 is 0 Å². The van der Waals surface area contributed by atoms with Crippen molar-refractivity contribution in [3.63, 3.8) is 0 Å². The maximum atomic E-state index is 12.7. The summed E-state index contributed by atoms with van der Waals surface area (Å²) < 4.78 is 0. The van der Waals surface area contributed by atoms with Crippen molar-refractivity contribution in [1.29, 1.82) is 0 Å². The lowest BCUT2D eigenvalue weighted by molar-refractivity contribution is 0.0780. The van der Waals surface area contributed by atoms with Crippen LogP contribution < -0.4 is 5.73 Å². The van der Waals surface area contributed by atoms with Gasteiger partial charge in [0.25, 0.3) is 5.91 Å². The number of carbonyl (C=O) groups excluding carboxylic acids is 1. The van der Waals surface area contributed by atoms with Crippen molar-refractivity contribution in [3.8, 4) is 0 Å². The number of oxime groups is 1. The number of fused-ring (bicyclic) bond motifs is 1. The number of rotatable bonds is 5. The second-order valence-electron chi connectivity index (χ2n) is 4.69. The van der Waals surface area contributed by atoms with Crippen molar-refractivity contribution in [1.82, 2.24) is 9.88 Å². The molecule has 1 amide bonds.